The predicted octanol–water partition coefficient (Wildman–Crippen LogP) is 1.81. The molecule has 0 aromatic carbocycles. The number of carbonyl (C=O) groups excluding carboxylic acids is 1. The first-order valence-electron chi connectivity index (χ1n) is 8.18. The molecule has 6 heteroatoms. The van der Waals surface area contributed by atoms with Crippen LogP contribution in [0.4, 0.5) is 0 Å². The van der Waals surface area contributed by atoms with Crippen LogP contribution in [0.15, 0.2) is 35.4 Å². The van der Waals surface area contributed by atoms with Gasteiger partial charge in [-0.25, -0.2) is 4.98 Å². The fourth-order valence-electron chi connectivity index (χ4n) is 3.14. The lowest BCUT2D eigenvalue weighted by molar-refractivity contribution is -0.122. The molecule has 0 aliphatic carbocycles. The van der Waals surface area contributed by atoms with Crippen LogP contribution in [0.5, 0.6) is 0 Å². The second-order valence-corrected chi connectivity index (χ2v) is 6.28. The molecule has 23 heavy (non-hydrogen) atoms. The van der Waals surface area contributed by atoms with E-state index in [0.717, 1.165) is 32.0 Å². The fourth-order valence-corrected chi connectivity index (χ4v) is 3.14. The molecule has 0 radical (unpaired) electrons. The molecule has 1 aliphatic heterocycles. The van der Waals surface area contributed by atoms with Gasteiger partial charge in [0.05, 0.1) is 12.5 Å². The number of rotatable bonds is 6. The molecule has 2 aromatic heterocycles. The lowest BCUT2D eigenvalue weighted by atomic mass is 9.97. The third-order valence-corrected chi connectivity index (χ3v) is 4.41. The SMILES string of the molecule is Cc1nccn1CC(=O)NCC1CCCN(Cc2ccoc2)C1. The van der Waals surface area contributed by atoms with Crippen molar-refractivity contribution in [1.29, 1.82) is 0 Å². The largest absolute Gasteiger partial charge is 0.472 e. The van der Waals surface area contributed by atoms with Crippen molar-refractivity contribution in [3.05, 3.63) is 42.4 Å². The Labute approximate surface area is 136 Å². The van der Waals surface area contributed by atoms with Gasteiger partial charge in [-0.2, -0.15) is 0 Å². The van der Waals surface area contributed by atoms with E-state index in [4.69, 9.17) is 4.42 Å². The van der Waals surface area contributed by atoms with Crippen LogP contribution < -0.4 is 5.32 Å². The van der Waals surface area contributed by atoms with Gasteiger partial charge in [-0.1, -0.05) is 0 Å². The molecule has 1 fully saturated rings. The van der Waals surface area contributed by atoms with E-state index in [1.807, 2.05) is 23.8 Å². The van der Waals surface area contributed by atoms with Gasteiger partial charge in [-0.3, -0.25) is 9.69 Å². The van der Waals surface area contributed by atoms with Gasteiger partial charge in [-0.05, 0) is 38.3 Å². The van der Waals surface area contributed by atoms with Gasteiger partial charge in [0.1, 0.15) is 12.4 Å². The summed E-state index contributed by atoms with van der Waals surface area (Å²) in [5, 5.41) is 3.06. The van der Waals surface area contributed by atoms with Crippen molar-refractivity contribution < 1.29 is 9.21 Å². The van der Waals surface area contributed by atoms with Crippen LogP contribution in [0, 0.1) is 12.8 Å². The van der Waals surface area contributed by atoms with Gasteiger partial charge < -0.3 is 14.3 Å². The lowest BCUT2D eigenvalue weighted by Gasteiger charge is -2.32. The Balaban J connectivity index is 1.42. The van der Waals surface area contributed by atoms with E-state index in [2.05, 4.69) is 15.2 Å². The summed E-state index contributed by atoms with van der Waals surface area (Å²) in [6, 6.07) is 2.01. The predicted molar refractivity (Wildman–Crippen MR) is 86.7 cm³/mol. The number of nitrogens with zero attached hydrogens (tertiary/aromatic N) is 3. The highest BCUT2D eigenvalue weighted by molar-refractivity contribution is 5.75. The van der Waals surface area contributed by atoms with Gasteiger partial charge in [0, 0.05) is 37.6 Å². The summed E-state index contributed by atoms with van der Waals surface area (Å²) in [5.41, 5.74) is 1.21. The molecule has 1 atom stereocenters. The summed E-state index contributed by atoms with van der Waals surface area (Å²) in [6.45, 7) is 6.06. The quantitative estimate of drug-likeness (QED) is 0.883. The van der Waals surface area contributed by atoms with Crippen LogP contribution in [0.25, 0.3) is 0 Å². The molecule has 1 amide bonds. The number of likely N-dealkylation sites (tertiary alicyclic amines) is 1. The maximum absolute atomic E-state index is 12.1. The molecule has 1 aliphatic rings. The molecule has 3 rings (SSSR count). The molecule has 2 aromatic rings. The average molecular weight is 316 g/mol. The lowest BCUT2D eigenvalue weighted by Crippen LogP contribution is -2.41. The summed E-state index contributed by atoms with van der Waals surface area (Å²) in [6.07, 6.45) is 9.43. The first-order valence-corrected chi connectivity index (χ1v) is 8.18. The number of hydrogen-bond donors (Lipinski definition) is 1. The molecule has 0 bridgehead atoms. The van der Waals surface area contributed by atoms with E-state index >= 15 is 0 Å². The monoisotopic (exact) mass is 316 g/mol. The number of nitrogens with one attached hydrogen (secondary N) is 1. The molecule has 3 heterocycles. The molecule has 1 N–H and O–H groups in total. The summed E-state index contributed by atoms with van der Waals surface area (Å²) in [5.74, 6) is 1.44. The van der Waals surface area contributed by atoms with Crippen molar-refractivity contribution in [2.24, 2.45) is 5.92 Å². The van der Waals surface area contributed by atoms with Gasteiger partial charge in [-0.15, -0.1) is 0 Å². The second-order valence-electron chi connectivity index (χ2n) is 6.28. The number of aryl methyl sites for hydroxylation is 1. The number of carbonyl (C=O) groups is 1. The van der Waals surface area contributed by atoms with Crippen molar-refractivity contribution in [2.45, 2.75) is 32.9 Å². The number of furan rings is 1. The van der Waals surface area contributed by atoms with Crippen molar-refractivity contribution in [1.82, 2.24) is 19.8 Å². The van der Waals surface area contributed by atoms with Crippen molar-refractivity contribution in [3.63, 3.8) is 0 Å². The number of piperidine rings is 1. The van der Waals surface area contributed by atoms with E-state index in [1.54, 1.807) is 18.7 Å². The summed E-state index contributed by atoms with van der Waals surface area (Å²) in [7, 11) is 0. The highest BCUT2D eigenvalue weighted by atomic mass is 16.3. The third kappa shape index (κ3) is 4.45. The molecule has 0 saturated carbocycles. The highest BCUT2D eigenvalue weighted by Crippen LogP contribution is 2.18. The minimum atomic E-state index is 0.0538. The fraction of sp³-hybridized carbons (Fsp3) is 0.529. The second kappa shape index (κ2) is 7.46. The van der Waals surface area contributed by atoms with Crippen molar-refractivity contribution in [3.8, 4) is 0 Å². The van der Waals surface area contributed by atoms with E-state index in [0.29, 0.717) is 12.5 Å². The van der Waals surface area contributed by atoms with Gasteiger partial charge in [0.25, 0.3) is 0 Å². The average Bonchev–Trinajstić information content (AvgIpc) is 3.18. The van der Waals surface area contributed by atoms with E-state index in [-0.39, 0.29) is 5.91 Å². The van der Waals surface area contributed by atoms with E-state index < -0.39 is 0 Å². The van der Waals surface area contributed by atoms with Gasteiger partial charge in [0.15, 0.2) is 0 Å². The Hall–Kier alpha value is -2.08. The van der Waals surface area contributed by atoms with Crippen LogP contribution in [-0.2, 0) is 17.9 Å². The third-order valence-electron chi connectivity index (χ3n) is 4.41. The molecule has 6 nitrogen and oxygen atoms in total. The Kier molecular flexibility index (Phi) is 5.12. The van der Waals surface area contributed by atoms with Crippen LogP contribution in [0.1, 0.15) is 24.2 Å². The Morgan fingerprint density at radius 2 is 2.43 bits per heavy atom. The summed E-state index contributed by atoms with van der Waals surface area (Å²) in [4.78, 5) is 18.6. The van der Waals surface area contributed by atoms with Crippen LogP contribution in [0.2, 0.25) is 0 Å². The topological polar surface area (TPSA) is 63.3 Å². The Morgan fingerprint density at radius 3 is 3.17 bits per heavy atom. The zero-order valence-corrected chi connectivity index (χ0v) is 13.6. The van der Waals surface area contributed by atoms with E-state index in [1.165, 1.54) is 18.4 Å². The van der Waals surface area contributed by atoms with Gasteiger partial charge in [0.2, 0.25) is 5.91 Å². The Bertz CT molecular complexity index is 620. The first kappa shape index (κ1) is 15.8. The smallest absolute Gasteiger partial charge is 0.239 e. The number of aromatic nitrogens is 2. The molecule has 1 unspecified atom stereocenters. The number of imidazole rings is 1. The van der Waals surface area contributed by atoms with Crippen LogP contribution in [0.3, 0.4) is 0 Å². The Morgan fingerprint density at radius 1 is 1.52 bits per heavy atom. The van der Waals surface area contributed by atoms with Crippen molar-refractivity contribution in [2.75, 3.05) is 19.6 Å². The molecule has 0 spiro atoms. The minimum Gasteiger partial charge on any atom is -0.472 e. The maximum atomic E-state index is 12.1. The normalized spacial score (nSPS) is 18.9. The van der Waals surface area contributed by atoms with E-state index in [9.17, 15) is 4.79 Å². The first-order chi connectivity index (χ1) is 11.2. The molecule has 1 saturated heterocycles. The molecular weight excluding hydrogens is 292 g/mol. The zero-order valence-electron chi connectivity index (χ0n) is 13.6. The summed E-state index contributed by atoms with van der Waals surface area (Å²) >= 11 is 0. The van der Waals surface area contributed by atoms with Gasteiger partial charge >= 0.3 is 0 Å². The number of hydrogen-bond acceptors (Lipinski definition) is 4. The number of amides is 1. The zero-order chi connectivity index (χ0) is 16.1. The minimum absolute atomic E-state index is 0.0538. The van der Waals surface area contributed by atoms with Crippen molar-refractivity contribution >= 4 is 5.91 Å². The summed E-state index contributed by atoms with van der Waals surface area (Å²) < 4.78 is 6.99. The van der Waals surface area contributed by atoms with Crippen LogP contribution in [-0.4, -0.2) is 40.0 Å². The highest BCUT2D eigenvalue weighted by Gasteiger charge is 2.20. The molecule has 124 valence electrons. The molecular formula is C17H24N4O2. The van der Waals surface area contributed by atoms with Crippen LogP contribution >= 0.6 is 0 Å². The standard InChI is InChI=1S/C17H24N4O2/c1-14-18-5-7-21(14)12-17(22)19-9-15-3-2-6-20(10-15)11-16-4-8-23-13-16/h4-5,7-8,13,15H,2-3,6,9-12H2,1H3,(H,19,22). The maximum Gasteiger partial charge on any atom is 0.239 e.